The number of carboxylic acid groups (broad SMARTS) is 1. The predicted octanol–water partition coefficient (Wildman–Crippen LogP) is 0.925. The summed E-state index contributed by atoms with van der Waals surface area (Å²) in [5, 5.41) is 18.5. The maximum Gasteiger partial charge on any atom is 0.322 e. The molecule has 1 atom stereocenters. The van der Waals surface area contributed by atoms with Gasteiger partial charge in [-0.3, -0.25) is 4.79 Å². The van der Waals surface area contributed by atoms with E-state index in [2.05, 4.69) is 6.07 Å². The third-order valence-corrected chi connectivity index (χ3v) is 2.64. The van der Waals surface area contributed by atoms with Crippen LogP contribution in [-0.4, -0.2) is 21.7 Å². The van der Waals surface area contributed by atoms with Crippen LogP contribution in [0.4, 0.5) is 0 Å². The average molecular weight is 229 g/mol. The predicted molar refractivity (Wildman–Crippen MR) is 62.3 cm³/mol. The van der Waals surface area contributed by atoms with Crippen LogP contribution < -0.4 is 5.73 Å². The number of nitrogens with zero attached hydrogens (tertiary/aromatic N) is 2. The number of carboxylic acids is 1. The quantitative estimate of drug-likeness (QED) is 0.818. The number of aromatic nitrogens is 1. The van der Waals surface area contributed by atoms with Gasteiger partial charge in [0.15, 0.2) is 0 Å². The van der Waals surface area contributed by atoms with E-state index in [0.717, 1.165) is 10.9 Å². The summed E-state index contributed by atoms with van der Waals surface area (Å²) in [6.45, 7) is 0.188. The van der Waals surface area contributed by atoms with Crippen molar-refractivity contribution in [3.63, 3.8) is 0 Å². The second-order valence-electron chi connectivity index (χ2n) is 3.76. The van der Waals surface area contributed by atoms with Crippen LogP contribution in [0, 0.1) is 11.3 Å². The third-order valence-electron chi connectivity index (χ3n) is 2.64. The smallest absolute Gasteiger partial charge is 0.322 e. The number of benzene rings is 1. The molecule has 0 fully saturated rings. The zero-order valence-electron chi connectivity index (χ0n) is 9.00. The van der Waals surface area contributed by atoms with E-state index in [1.807, 2.05) is 6.07 Å². The number of nitrogens with two attached hydrogens (primary N) is 1. The number of fused-ring (bicyclic) bond motifs is 1. The van der Waals surface area contributed by atoms with Gasteiger partial charge in [0, 0.05) is 23.6 Å². The van der Waals surface area contributed by atoms with Crippen molar-refractivity contribution in [1.29, 1.82) is 5.26 Å². The van der Waals surface area contributed by atoms with E-state index < -0.39 is 12.0 Å². The Balaban J connectivity index is 2.44. The van der Waals surface area contributed by atoms with E-state index in [1.54, 1.807) is 29.0 Å². The molecular weight excluding hydrogens is 218 g/mol. The lowest BCUT2D eigenvalue weighted by atomic mass is 10.1. The molecular formula is C12H11N3O2. The molecule has 0 aliphatic carbocycles. The minimum absolute atomic E-state index is 0.188. The van der Waals surface area contributed by atoms with Crippen LogP contribution in [-0.2, 0) is 11.3 Å². The molecule has 5 nitrogen and oxygen atoms in total. The molecule has 0 aliphatic heterocycles. The lowest BCUT2D eigenvalue weighted by Crippen LogP contribution is -2.34. The molecule has 1 aromatic carbocycles. The second kappa shape index (κ2) is 4.28. The topological polar surface area (TPSA) is 92.0 Å². The van der Waals surface area contributed by atoms with Crippen molar-refractivity contribution in [1.82, 2.24) is 4.57 Å². The van der Waals surface area contributed by atoms with Crippen molar-refractivity contribution in [3.8, 4) is 6.07 Å². The van der Waals surface area contributed by atoms with Crippen LogP contribution in [0.1, 0.15) is 5.56 Å². The molecule has 0 amide bonds. The van der Waals surface area contributed by atoms with Gasteiger partial charge in [0.1, 0.15) is 6.04 Å². The Labute approximate surface area is 97.7 Å². The standard InChI is InChI=1S/C12H11N3O2/c13-6-8-2-1-3-11-9(8)4-5-15(11)7-10(14)12(16)17/h1-5,10H,7,14H2,(H,16,17)/t10-/m0/s1. The summed E-state index contributed by atoms with van der Waals surface area (Å²) in [5.41, 5.74) is 6.88. The summed E-state index contributed by atoms with van der Waals surface area (Å²) >= 11 is 0. The monoisotopic (exact) mass is 229 g/mol. The number of rotatable bonds is 3. The number of hydrogen-bond donors (Lipinski definition) is 2. The van der Waals surface area contributed by atoms with Gasteiger partial charge in [0.25, 0.3) is 0 Å². The van der Waals surface area contributed by atoms with E-state index in [4.69, 9.17) is 16.1 Å². The molecule has 1 aromatic heterocycles. The highest BCUT2D eigenvalue weighted by molar-refractivity contribution is 5.86. The molecule has 0 saturated carbocycles. The first-order chi connectivity index (χ1) is 8.13. The maximum atomic E-state index is 10.7. The third kappa shape index (κ3) is 1.98. The summed E-state index contributed by atoms with van der Waals surface area (Å²) in [6, 6.07) is 8.28. The second-order valence-corrected chi connectivity index (χ2v) is 3.76. The Kier molecular flexibility index (Phi) is 2.81. The van der Waals surface area contributed by atoms with Gasteiger partial charge in [0.05, 0.1) is 11.6 Å². The molecule has 86 valence electrons. The molecule has 2 rings (SSSR count). The number of nitriles is 1. The van der Waals surface area contributed by atoms with Crippen LogP contribution in [0.5, 0.6) is 0 Å². The fraction of sp³-hybridized carbons (Fsp3) is 0.167. The normalized spacial score (nSPS) is 12.2. The van der Waals surface area contributed by atoms with Crippen LogP contribution in [0.25, 0.3) is 10.9 Å². The van der Waals surface area contributed by atoms with Crippen molar-refractivity contribution in [2.45, 2.75) is 12.6 Å². The van der Waals surface area contributed by atoms with Gasteiger partial charge < -0.3 is 15.4 Å². The van der Waals surface area contributed by atoms with Gasteiger partial charge in [-0.25, -0.2) is 0 Å². The molecule has 0 bridgehead atoms. The van der Waals surface area contributed by atoms with Crippen molar-refractivity contribution >= 4 is 16.9 Å². The summed E-state index contributed by atoms with van der Waals surface area (Å²) in [7, 11) is 0. The first-order valence-electron chi connectivity index (χ1n) is 5.10. The Bertz CT molecular complexity index is 610. The van der Waals surface area contributed by atoms with Crippen molar-refractivity contribution in [2.24, 2.45) is 5.73 Å². The number of aliphatic carboxylic acids is 1. The van der Waals surface area contributed by atoms with Crippen molar-refractivity contribution < 1.29 is 9.90 Å². The largest absolute Gasteiger partial charge is 0.480 e. The van der Waals surface area contributed by atoms with Gasteiger partial charge >= 0.3 is 5.97 Å². The summed E-state index contributed by atoms with van der Waals surface area (Å²) < 4.78 is 1.74. The molecule has 17 heavy (non-hydrogen) atoms. The average Bonchev–Trinajstić information content (AvgIpc) is 2.72. The molecule has 0 saturated heterocycles. The van der Waals surface area contributed by atoms with E-state index in [1.165, 1.54) is 0 Å². The highest BCUT2D eigenvalue weighted by atomic mass is 16.4. The van der Waals surface area contributed by atoms with Gasteiger partial charge in [-0.15, -0.1) is 0 Å². The zero-order valence-corrected chi connectivity index (χ0v) is 9.00. The van der Waals surface area contributed by atoms with Crippen LogP contribution >= 0.6 is 0 Å². The first-order valence-corrected chi connectivity index (χ1v) is 5.10. The Morgan fingerprint density at radius 2 is 2.29 bits per heavy atom. The molecule has 5 heteroatoms. The highest BCUT2D eigenvalue weighted by Gasteiger charge is 2.13. The fourth-order valence-corrected chi connectivity index (χ4v) is 1.77. The van der Waals surface area contributed by atoms with Gasteiger partial charge in [-0.1, -0.05) is 6.07 Å². The van der Waals surface area contributed by atoms with Crippen LogP contribution in [0.3, 0.4) is 0 Å². The molecule has 0 aliphatic rings. The minimum Gasteiger partial charge on any atom is -0.480 e. The molecule has 0 radical (unpaired) electrons. The number of hydrogen-bond acceptors (Lipinski definition) is 3. The van der Waals surface area contributed by atoms with Gasteiger partial charge in [0.2, 0.25) is 0 Å². The SMILES string of the molecule is N#Cc1cccc2c1ccn2C[C@H](N)C(=O)O. The first kappa shape index (κ1) is 11.2. The molecule has 3 N–H and O–H groups in total. The van der Waals surface area contributed by atoms with Crippen LogP contribution in [0.15, 0.2) is 30.5 Å². The number of carbonyl (C=O) groups is 1. The maximum absolute atomic E-state index is 10.7. The van der Waals surface area contributed by atoms with Crippen LogP contribution in [0.2, 0.25) is 0 Å². The minimum atomic E-state index is -1.04. The lowest BCUT2D eigenvalue weighted by Gasteiger charge is -2.09. The van der Waals surface area contributed by atoms with Crippen molar-refractivity contribution in [2.75, 3.05) is 0 Å². The van der Waals surface area contributed by atoms with E-state index >= 15 is 0 Å². The van der Waals surface area contributed by atoms with Crippen molar-refractivity contribution in [3.05, 3.63) is 36.0 Å². The van der Waals surface area contributed by atoms with Gasteiger partial charge in [-0.2, -0.15) is 5.26 Å². The summed E-state index contributed by atoms with van der Waals surface area (Å²) in [5.74, 6) is -1.04. The van der Waals surface area contributed by atoms with Gasteiger partial charge in [-0.05, 0) is 18.2 Å². The Hall–Kier alpha value is -2.32. The Morgan fingerprint density at radius 3 is 2.94 bits per heavy atom. The Morgan fingerprint density at radius 1 is 1.53 bits per heavy atom. The molecule has 0 unspecified atom stereocenters. The fourth-order valence-electron chi connectivity index (χ4n) is 1.77. The van der Waals surface area contributed by atoms with E-state index in [9.17, 15) is 4.79 Å². The molecule has 0 spiro atoms. The summed E-state index contributed by atoms with van der Waals surface area (Å²) in [4.78, 5) is 10.7. The molecule has 1 heterocycles. The lowest BCUT2D eigenvalue weighted by molar-refractivity contribution is -0.138. The molecule has 2 aromatic rings. The summed E-state index contributed by atoms with van der Waals surface area (Å²) in [6.07, 6.45) is 1.74. The van der Waals surface area contributed by atoms with E-state index in [-0.39, 0.29) is 6.54 Å². The van der Waals surface area contributed by atoms with E-state index in [0.29, 0.717) is 5.56 Å². The zero-order chi connectivity index (χ0) is 12.4. The highest BCUT2D eigenvalue weighted by Crippen LogP contribution is 2.19.